The third-order valence-corrected chi connectivity index (χ3v) is 4.53. The summed E-state index contributed by atoms with van der Waals surface area (Å²) in [5.74, 6) is -0.333. The maximum absolute atomic E-state index is 12.3. The van der Waals surface area contributed by atoms with Crippen molar-refractivity contribution >= 4 is 33.2 Å². The molecule has 4 N–H and O–H groups in total. The molecule has 0 radical (unpaired) electrons. The fourth-order valence-electron chi connectivity index (χ4n) is 2.03. The van der Waals surface area contributed by atoms with Crippen LogP contribution in [0.4, 0.5) is 24.5 Å². The van der Waals surface area contributed by atoms with Gasteiger partial charge in [0.1, 0.15) is 12.6 Å². The standard InChI is InChI=1S/C13H16BrF3N4O/c1-7-10(14)11(21-20-7)12(22)19-9-5-3-2-4-8(9)18-6-13(15,16)17/h2-5,7,10-11,18,20-21H,6H2,1H3,(H,19,22). The first-order chi connectivity index (χ1) is 10.3. The second-order valence-corrected chi connectivity index (χ2v) is 6.06. The Bertz CT molecular complexity index is 540. The van der Waals surface area contributed by atoms with E-state index in [4.69, 9.17) is 0 Å². The number of anilines is 2. The Labute approximate surface area is 134 Å². The van der Waals surface area contributed by atoms with E-state index in [1.807, 2.05) is 6.92 Å². The lowest BCUT2D eigenvalue weighted by Crippen LogP contribution is -2.42. The average molecular weight is 381 g/mol. The highest BCUT2D eigenvalue weighted by Gasteiger charge is 2.36. The van der Waals surface area contributed by atoms with E-state index in [0.717, 1.165) is 0 Å². The first kappa shape index (κ1) is 17.0. The number of rotatable bonds is 4. The highest BCUT2D eigenvalue weighted by molar-refractivity contribution is 9.09. The number of amides is 1. The van der Waals surface area contributed by atoms with Gasteiger partial charge in [0.15, 0.2) is 0 Å². The number of halogens is 4. The van der Waals surface area contributed by atoms with Crippen molar-refractivity contribution in [3.05, 3.63) is 24.3 Å². The maximum Gasteiger partial charge on any atom is 0.405 e. The maximum atomic E-state index is 12.3. The zero-order chi connectivity index (χ0) is 16.3. The number of hydrazine groups is 1. The van der Waals surface area contributed by atoms with Gasteiger partial charge in [-0.25, -0.2) is 5.43 Å². The lowest BCUT2D eigenvalue weighted by molar-refractivity contribution is -0.117. The van der Waals surface area contributed by atoms with Crippen molar-refractivity contribution in [2.75, 3.05) is 17.2 Å². The van der Waals surface area contributed by atoms with Crippen LogP contribution in [0.3, 0.4) is 0 Å². The van der Waals surface area contributed by atoms with E-state index in [2.05, 4.69) is 37.4 Å². The summed E-state index contributed by atoms with van der Waals surface area (Å²) in [4.78, 5) is 12.1. The summed E-state index contributed by atoms with van der Waals surface area (Å²) >= 11 is 3.41. The number of hydrogen-bond donors (Lipinski definition) is 4. The molecule has 0 aromatic heterocycles. The zero-order valence-corrected chi connectivity index (χ0v) is 13.3. The zero-order valence-electron chi connectivity index (χ0n) is 11.7. The predicted octanol–water partition coefficient (Wildman–Crippen LogP) is 2.23. The Morgan fingerprint density at radius 3 is 2.45 bits per heavy atom. The highest BCUT2D eigenvalue weighted by Crippen LogP contribution is 2.25. The minimum Gasteiger partial charge on any atom is -0.375 e. The number of alkyl halides is 4. The average Bonchev–Trinajstić information content (AvgIpc) is 2.77. The van der Waals surface area contributed by atoms with Crippen LogP contribution in [-0.2, 0) is 4.79 Å². The molecule has 3 unspecified atom stereocenters. The van der Waals surface area contributed by atoms with Crippen molar-refractivity contribution in [1.82, 2.24) is 10.9 Å². The van der Waals surface area contributed by atoms with Crippen molar-refractivity contribution in [2.24, 2.45) is 0 Å². The van der Waals surface area contributed by atoms with E-state index in [1.165, 1.54) is 6.07 Å². The Kier molecular flexibility index (Phi) is 5.30. The topological polar surface area (TPSA) is 65.2 Å². The largest absolute Gasteiger partial charge is 0.405 e. The SMILES string of the molecule is CC1NNC(C(=O)Nc2ccccc2NCC(F)(F)F)C1Br. The van der Waals surface area contributed by atoms with E-state index < -0.39 is 18.8 Å². The summed E-state index contributed by atoms with van der Waals surface area (Å²) in [6.45, 7) is 0.736. The molecule has 5 nitrogen and oxygen atoms in total. The van der Waals surface area contributed by atoms with E-state index in [9.17, 15) is 18.0 Å². The molecule has 0 spiro atoms. The summed E-state index contributed by atoms with van der Waals surface area (Å²) in [5, 5.41) is 4.92. The molecule has 0 bridgehead atoms. The molecular weight excluding hydrogens is 365 g/mol. The number of benzene rings is 1. The molecule has 1 aliphatic heterocycles. The molecule has 3 atom stereocenters. The predicted molar refractivity (Wildman–Crippen MR) is 81.9 cm³/mol. The normalized spacial score (nSPS) is 25.0. The fraction of sp³-hybridized carbons (Fsp3) is 0.462. The van der Waals surface area contributed by atoms with Gasteiger partial charge in [-0.1, -0.05) is 28.1 Å². The molecule has 2 rings (SSSR count). The van der Waals surface area contributed by atoms with Crippen LogP contribution in [0, 0.1) is 0 Å². The Morgan fingerprint density at radius 1 is 1.27 bits per heavy atom. The van der Waals surface area contributed by atoms with Gasteiger partial charge in [-0.05, 0) is 19.1 Å². The third kappa shape index (κ3) is 4.34. The summed E-state index contributed by atoms with van der Waals surface area (Å²) < 4.78 is 36.9. The summed E-state index contributed by atoms with van der Waals surface area (Å²) in [6.07, 6.45) is -4.33. The molecule has 122 valence electrons. The first-order valence-electron chi connectivity index (χ1n) is 6.63. The number of nitrogens with one attached hydrogen (secondary N) is 4. The molecule has 1 heterocycles. The fourth-order valence-corrected chi connectivity index (χ4v) is 2.54. The van der Waals surface area contributed by atoms with Gasteiger partial charge in [0.2, 0.25) is 5.91 Å². The second kappa shape index (κ2) is 6.84. The van der Waals surface area contributed by atoms with Gasteiger partial charge >= 0.3 is 6.18 Å². The Morgan fingerprint density at radius 2 is 1.91 bits per heavy atom. The van der Waals surface area contributed by atoms with Gasteiger partial charge in [-0.15, -0.1) is 0 Å². The summed E-state index contributed by atoms with van der Waals surface area (Å²) in [7, 11) is 0. The molecule has 9 heteroatoms. The van der Waals surface area contributed by atoms with Gasteiger partial charge in [-0.3, -0.25) is 10.2 Å². The van der Waals surface area contributed by atoms with Crippen LogP contribution in [0.2, 0.25) is 0 Å². The molecule has 0 saturated carbocycles. The Hall–Kier alpha value is -1.32. The number of para-hydroxylation sites is 2. The molecule has 1 aliphatic rings. The van der Waals surface area contributed by atoms with Crippen LogP contribution in [0.25, 0.3) is 0 Å². The van der Waals surface area contributed by atoms with Gasteiger partial charge in [0.05, 0.1) is 16.2 Å². The van der Waals surface area contributed by atoms with Gasteiger partial charge in [0.25, 0.3) is 0 Å². The quantitative estimate of drug-likeness (QED) is 0.604. The van der Waals surface area contributed by atoms with E-state index in [1.54, 1.807) is 18.2 Å². The lowest BCUT2D eigenvalue weighted by atomic mass is 10.1. The molecule has 1 fully saturated rings. The minimum absolute atomic E-state index is 0.0503. The minimum atomic E-state index is -4.33. The number of carbonyl (C=O) groups is 1. The van der Waals surface area contributed by atoms with Gasteiger partial charge in [-0.2, -0.15) is 13.2 Å². The smallest absolute Gasteiger partial charge is 0.375 e. The number of carbonyl (C=O) groups excluding carboxylic acids is 1. The summed E-state index contributed by atoms with van der Waals surface area (Å²) in [6, 6.07) is 5.80. The third-order valence-electron chi connectivity index (χ3n) is 3.21. The van der Waals surface area contributed by atoms with E-state index >= 15 is 0 Å². The molecule has 1 aromatic rings. The van der Waals surface area contributed by atoms with Crippen molar-refractivity contribution in [3.63, 3.8) is 0 Å². The van der Waals surface area contributed by atoms with Crippen LogP contribution >= 0.6 is 15.9 Å². The van der Waals surface area contributed by atoms with Crippen LogP contribution in [0.1, 0.15) is 6.92 Å². The molecule has 0 aliphatic carbocycles. The second-order valence-electron chi connectivity index (χ2n) is 5.00. The van der Waals surface area contributed by atoms with Crippen molar-refractivity contribution < 1.29 is 18.0 Å². The summed E-state index contributed by atoms with van der Waals surface area (Å²) in [5.41, 5.74) is 6.29. The first-order valence-corrected chi connectivity index (χ1v) is 7.55. The molecule has 1 amide bonds. The van der Waals surface area contributed by atoms with Crippen molar-refractivity contribution in [1.29, 1.82) is 0 Å². The van der Waals surface area contributed by atoms with Crippen LogP contribution in [0.15, 0.2) is 24.3 Å². The lowest BCUT2D eigenvalue weighted by Gasteiger charge is -2.18. The van der Waals surface area contributed by atoms with Crippen molar-refractivity contribution in [3.8, 4) is 0 Å². The number of hydrogen-bond acceptors (Lipinski definition) is 4. The molecular formula is C13H16BrF3N4O. The Balaban J connectivity index is 2.05. The molecule has 22 heavy (non-hydrogen) atoms. The van der Waals surface area contributed by atoms with Gasteiger partial charge < -0.3 is 10.6 Å². The van der Waals surface area contributed by atoms with Crippen molar-refractivity contribution in [2.45, 2.75) is 30.0 Å². The highest BCUT2D eigenvalue weighted by atomic mass is 79.9. The van der Waals surface area contributed by atoms with E-state index in [0.29, 0.717) is 5.69 Å². The van der Waals surface area contributed by atoms with E-state index in [-0.39, 0.29) is 22.5 Å². The molecule has 1 saturated heterocycles. The van der Waals surface area contributed by atoms with Gasteiger partial charge in [0, 0.05) is 6.04 Å². The van der Waals surface area contributed by atoms with Crippen LogP contribution < -0.4 is 21.5 Å². The monoisotopic (exact) mass is 380 g/mol. The van der Waals surface area contributed by atoms with Crippen LogP contribution in [0.5, 0.6) is 0 Å². The van der Waals surface area contributed by atoms with Crippen LogP contribution in [-0.4, -0.2) is 35.5 Å². The molecule has 1 aromatic carbocycles.